The number of nitrogens with zero attached hydrogens (tertiary/aromatic N) is 2. The second kappa shape index (κ2) is 7.16. The number of nitrogens with one attached hydrogen (secondary N) is 1. The van der Waals surface area contributed by atoms with Gasteiger partial charge in [-0.1, -0.05) is 12.1 Å². The highest BCUT2D eigenvalue weighted by Gasteiger charge is 2.32. The number of halogens is 3. The van der Waals surface area contributed by atoms with Gasteiger partial charge in [-0.25, -0.2) is 10.2 Å². The molecular formula is C20H19F3N4O2. The number of amides is 2. The minimum absolute atomic E-state index is 0.158. The quantitative estimate of drug-likeness (QED) is 0.447. The van der Waals surface area contributed by atoms with Crippen molar-refractivity contribution in [2.24, 2.45) is 10.8 Å². The average Bonchev–Trinajstić information content (AvgIpc) is 2.89. The summed E-state index contributed by atoms with van der Waals surface area (Å²) in [5.74, 6) is -0.295. The molecule has 9 heteroatoms. The smallest absolute Gasteiger partial charge is 0.416 e. The van der Waals surface area contributed by atoms with Gasteiger partial charge in [-0.3, -0.25) is 4.57 Å². The van der Waals surface area contributed by atoms with Crippen LogP contribution in [0, 0.1) is 13.8 Å². The SMILES string of the molecule is CC(=NNC(N)=O)c1c(O)n(-c2cc(C)cc(C)c2)c2cc(C(F)(F)F)ccc12. The van der Waals surface area contributed by atoms with Gasteiger partial charge in [-0.2, -0.15) is 18.3 Å². The zero-order chi connectivity index (χ0) is 21.5. The standard InChI is InChI=1S/C20H19F3N4O2/c1-10-6-11(2)8-14(7-10)27-16-9-13(20(21,22)23)4-5-15(16)17(18(27)28)12(3)25-26-19(24)29/h4-9,28H,1-3H3,(H3,24,26,29). The lowest BCUT2D eigenvalue weighted by atomic mass is 10.1. The first-order valence-electron chi connectivity index (χ1n) is 8.62. The first-order chi connectivity index (χ1) is 13.5. The van der Waals surface area contributed by atoms with Crippen LogP contribution in [0.4, 0.5) is 18.0 Å². The number of benzene rings is 2. The number of urea groups is 1. The molecule has 3 rings (SSSR count). The van der Waals surface area contributed by atoms with Crippen molar-refractivity contribution in [3.63, 3.8) is 0 Å². The second-order valence-corrected chi connectivity index (χ2v) is 6.78. The molecular weight excluding hydrogens is 385 g/mol. The fourth-order valence-corrected chi connectivity index (χ4v) is 3.34. The summed E-state index contributed by atoms with van der Waals surface area (Å²) in [5.41, 5.74) is 9.06. The van der Waals surface area contributed by atoms with E-state index in [-0.39, 0.29) is 22.7 Å². The summed E-state index contributed by atoms with van der Waals surface area (Å²) in [4.78, 5) is 11.0. The number of hydrogen-bond donors (Lipinski definition) is 3. The van der Waals surface area contributed by atoms with Crippen LogP contribution < -0.4 is 11.2 Å². The number of hydrogen-bond acceptors (Lipinski definition) is 3. The van der Waals surface area contributed by atoms with Gasteiger partial charge in [-0.15, -0.1) is 0 Å². The van der Waals surface area contributed by atoms with Crippen LogP contribution in [0.25, 0.3) is 16.6 Å². The van der Waals surface area contributed by atoms with E-state index in [4.69, 9.17) is 5.73 Å². The number of carbonyl (C=O) groups excluding carboxylic acids is 1. The topological polar surface area (TPSA) is 92.6 Å². The van der Waals surface area contributed by atoms with E-state index in [2.05, 4.69) is 10.5 Å². The van der Waals surface area contributed by atoms with Crippen molar-refractivity contribution in [1.82, 2.24) is 9.99 Å². The van der Waals surface area contributed by atoms with Gasteiger partial charge >= 0.3 is 12.2 Å². The molecule has 29 heavy (non-hydrogen) atoms. The molecule has 0 aliphatic rings. The molecule has 0 aliphatic heterocycles. The van der Waals surface area contributed by atoms with E-state index in [1.807, 2.05) is 19.9 Å². The summed E-state index contributed by atoms with van der Waals surface area (Å²) in [5, 5.41) is 15.1. The highest BCUT2D eigenvalue weighted by molar-refractivity contribution is 6.13. The Morgan fingerprint density at radius 1 is 1.14 bits per heavy atom. The van der Waals surface area contributed by atoms with E-state index in [9.17, 15) is 23.1 Å². The number of aromatic nitrogens is 1. The zero-order valence-corrected chi connectivity index (χ0v) is 15.9. The van der Waals surface area contributed by atoms with E-state index in [0.717, 1.165) is 23.3 Å². The Labute approximate surface area is 164 Å². The Hall–Kier alpha value is -3.49. The third kappa shape index (κ3) is 3.89. The Balaban J connectivity index is 2.37. The summed E-state index contributed by atoms with van der Waals surface area (Å²) in [6.07, 6.45) is -4.54. The van der Waals surface area contributed by atoms with Crippen LogP contribution in [-0.4, -0.2) is 21.4 Å². The number of fused-ring (bicyclic) bond motifs is 1. The second-order valence-electron chi connectivity index (χ2n) is 6.78. The largest absolute Gasteiger partial charge is 0.494 e. The van der Waals surface area contributed by atoms with Crippen molar-refractivity contribution >= 4 is 22.6 Å². The summed E-state index contributed by atoms with van der Waals surface area (Å²) >= 11 is 0. The number of alkyl halides is 3. The van der Waals surface area contributed by atoms with Crippen molar-refractivity contribution in [2.75, 3.05) is 0 Å². The molecule has 0 bridgehead atoms. The van der Waals surface area contributed by atoms with E-state index < -0.39 is 17.8 Å². The van der Waals surface area contributed by atoms with Gasteiger partial charge in [0.25, 0.3) is 0 Å². The highest BCUT2D eigenvalue weighted by Crippen LogP contribution is 2.39. The third-order valence-corrected chi connectivity index (χ3v) is 4.43. The normalized spacial score (nSPS) is 12.4. The molecule has 0 saturated heterocycles. The van der Waals surface area contributed by atoms with Gasteiger partial charge in [0.1, 0.15) is 0 Å². The molecule has 3 aromatic rings. The number of carbonyl (C=O) groups is 1. The number of primary amides is 1. The number of nitrogens with two attached hydrogens (primary N) is 1. The number of rotatable bonds is 3. The van der Waals surface area contributed by atoms with E-state index >= 15 is 0 Å². The van der Waals surface area contributed by atoms with E-state index in [0.29, 0.717) is 11.1 Å². The summed E-state index contributed by atoms with van der Waals surface area (Å²) in [7, 11) is 0. The van der Waals surface area contributed by atoms with Gasteiger partial charge in [0.15, 0.2) is 0 Å². The maximum Gasteiger partial charge on any atom is 0.416 e. The maximum atomic E-state index is 13.3. The molecule has 0 atom stereocenters. The molecule has 0 radical (unpaired) electrons. The molecule has 152 valence electrons. The lowest BCUT2D eigenvalue weighted by Gasteiger charge is -2.11. The average molecular weight is 404 g/mol. The Morgan fingerprint density at radius 2 is 1.76 bits per heavy atom. The minimum atomic E-state index is -4.54. The Kier molecular flexibility index (Phi) is 5.00. The van der Waals surface area contributed by atoms with Gasteiger partial charge in [0, 0.05) is 11.1 Å². The summed E-state index contributed by atoms with van der Waals surface area (Å²) in [6, 6.07) is 7.71. The van der Waals surface area contributed by atoms with Crippen molar-refractivity contribution in [3.8, 4) is 11.6 Å². The molecule has 0 saturated carbocycles. The molecule has 0 aliphatic carbocycles. The zero-order valence-electron chi connectivity index (χ0n) is 15.9. The Morgan fingerprint density at radius 3 is 2.31 bits per heavy atom. The number of aromatic hydroxyl groups is 1. The lowest BCUT2D eigenvalue weighted by molar-refractivity contribution is -0.137. The van der Waals surface area contributed by atoms with Crippen molar-refractivity contribution in [2.45, 2.75) is 26.9 Å². The van der Waals surface area contributed by atoms with Crippen LogP contribution in [0.3, 0.4) is 0 Å². The predicted molar refractivity (Wildman–Crippen MR) is 104 cm³/mol. The fraction of sp³-hybridized carbons (Fsp3) is 0.200. The molecule has 0 fully saturated rings. The first kappa shape index (κ1) is 20.2. The summed E-state index contributed by atoms with van der Waals surface area (Å²) < 4.78 is 41.2. The van der Waals surface area contributed by atoms with Crippen LogP contribution in [0.2, 0.25) is 0 Å². The van der Waals surface area contributed by atoms with Gasteiger partial charge < -0.3 is 10.8 Å². The van der Waals surface area contributed by atoms with Crippen molar-refractivity contribution in [3.05, 3.63) is 58.7 Å². The van der Waals surface area contributed by atoms with Gasteiger partial charge in [-0.05, 0) is 56.2 Å². The third-order valence-electron chi connectivity index (χ3n) is 4.43. The first-order valence-corrected chi connectivity index (χ1v) is 8.62. The predicted octanol–water partition coefficient (Wildman–Crippen LogP) is 4.36. The Bertz CT molecular complexity index is 1130. The number of hydrazone groups is 1. The molecule has 1 heterocycles. The molecule has 0 spiro atoms. The fourth-order valence-electron chi connectivity index (χ4n) is 3.34. The van der Waals surface area contributed by atoms with Crippen LogP contribution >= 0.6 is 0 Å². The van der Waals surface area contributed by atoms with Crippen LogP contribution in [0.1, 0.15) is 29.2 Å². The molecule has 2 amide bonds. The van der Waals surface area contributed by atoms with Crippen molar-refractivity contribution in [1.29, 1.82) is 0 Å². The van der Waals surface area contributed by atoms with Crippen molar-refractivity contribution < 1.29 is 23.1 Å². The van der Waals surface area contributed by atoms with E-state index in [1.54, 1.807) is 12.1 Å². The lowest BCUT2D eigenvalue weighted by Crippen LogP contribution is -2.25. The molecule has 1 aromatic heterocycles. The molecule has 4 N–H and O–H groups in total. The monoisotopic (exact) mass is 404 g/mol. The maximum absolute atomic E-state index is 13.3. The molecule has 0 unspecified atom stereocenters. The molecule has 6 nitrogen and oxygen atoms in total. The number of aryl methyl sites for hydroxylation is 2. The molecule has 2 aromatic carbocycles. The van der Waals surface area contributed by atoms with Gasteiger partial charge in [0.2, 0.25) is 5.88 Å². The minimum Gasteiger partial charge on any atom is -0.494 e. The van der Waals surface area contributed by atoms with E-state index in [1.165, 1.54) is 17.6 Å². The van der Waals surface area contributed by atoms with Crippen LogP contribution in [0.5, 0.6) is 5.88 Å². The summed E-state index contributed by atoms with van der Waals surface area (Å²) in [6.45, 7) is 5.21. The van der Waals surface area contributed by atoms with Crippen LogP contribution in [-0.2, 0) is 6.18 Å². The van der Waals surface area contributed by atoms with Gasteiger partial charge in [0.05, 0.1) is 22.4 Å². The highest BCUT2D eigenvalue weighted by atomic mass is 19.4. The van der Waals surface area contributed by atoms with Crippen LogP contribution in [0.15, 0.2) is 41.5 Å².